The summed E-state index contributed by atoms with van der Waals surface area (Å²) in [6, 6.07) is 9.73. The van der Waals surface area contributed by atoms with Crippen molar-refractivity contribution in [3.8, 4) is 0 Å². The number of nitrogen functional groups attached to an aromatic ring is 1. The van der Waals surface area contributed by atoms with Crippen molar-refractivity contribution in [3.63, 3.8) is 0 Å². The minimum Gasteiger partial charge on any atom is -0.385 e. The molecule has 0 amide bonds. The fourth-order valence-corrected chi connectivity index (χ4v) is 2.50. The van der Waals surface area contributed by atoms with E-state index in [4.69, 9.17) is 5.73 Å². The summed E-state index contributed by atoms with van der Waals surface area (Å²) >= 11 is 0. The van der Waals surface area contributed by atoms with Gasteiger partial charge in [0.15, 0.2) is 0 Å². The van der Waals surface area contributed by atoms with E-state index in [-0.39, 0.29) is 11.6 Å². The molecule has 1 atom stereocenters. The van der Waals surface area contributed by atoms with E-state index in [1.54, 1.807) is 4.57 Å². The Labute approximate surface area is 99.9 Å². The van der Waals surface area contributed by atoms with Crippen LogP contribution in [0.4, 0.5) is 5.82 Å². The van der Waals surface area contributed by atoms with Crippen molar-refractivity contribution >= 4 is 16.6 Å². The van der Waals surface area contributed by atoms with Crippen LogP contribution in [0.1, 0.15) is 25.8 Å². The lowest BCUT2D eigenvalue weighted by Gasteiger charge is -2.18. The van der Waals surface area contributed by atoms with Crippen LogP contribution < -0.4 is 11.3 Å². The molecule has 3 heteroatoms. The third-order valence-corrected chi connectivity index (χ3v) is 3.70. The number of nitrogens with two attached hydrogens (primary N) is 1. The van der Waals surface area contributed by atoms with Gasteiger partial charge in [0.2, 0.25) is 0 Å². The molecule has 3 nitrogen and oxygen atoms in total. The Morgan fingerprint density at radius 2 is 2.06 bits per heavy atom. The first-order valence-corrected chi connectivity index (χ1v) is 6.08. The number of rotatable bonds is 2. The van der Waals surface area contributed by atoms with Gasteiger partial charge in [-0.25, -0.2) is 0 Å². The van der Waals surface area contributed by atoms with Gasteiger partial charge in [0.05, 0.1) is 0 Å². The maximum absolute atomic E-state index is 12.4. The SMILES string of the molecule is CC(C1CC1)n1c(N)cc2ccccc2c1=O. The van der Waals surface area contributed by atoms with E-state index in [1.807, 2.05) is 30.3 Å². The molecule has 1 fully saturated rings. The van der Waals surface area contributed by atoms with Crippen LogP contribution in [-0.4, -0.2) is 4.57 Å². The Hall–Kier alpha value is -1.77. The summed E-state index contributed by atoms with van der Waals surface area (Å²) in [5, 5.41) is 1.68. The van der Waals surface area contributed by atoms with Crippen LogP contribution in [0.5, 0.6) is 0 Å². The lowest BCUT2D eigenvalue weighted by atomic mass is 10.1. The number of aromatic nitrogens is 1. The zero-order valence-corrected chi connectivity index (χ0v) is 9.89. The molecule has 0 spiro atoms. The number of hydrogen-bond acceptors (Lipinski definition) is 2. The van der Waals surface area contributed by atoms with Crippen LogP contribution in [0, 0.1) is 5.92 Å². The van der Waals surface area contributed by atoms with Crippen molar-refractivity contribution in [2.24, 2.45) is 5.92 Å². The third-order valence-electron chi connectivity index (χ3n) is 3.70. The summed E-state index contributed by atoms with van der Waals surface area (Å²) in [7, 11) is 0. The summed E-state index contributed by atoms with van der Waals surface area (Å²) in [6.07, 6.45) is 2.42. The first-order chi connectivity index (χ1) is 8.18. The lowest BCUT2D eigenvalue weighted by molar-refractivity contribution is 0.480. The van der Waals surface area contributed by atoms with Gasteiger partial charge in [-0.1, -0.05) is 18.2 Å². The van der Waals surface area contributed by atoms with Gasteiger partial charge in [0.1, 0.15) is 5.82 Å². The molecule has 1 aromatic carbocycles. The van der Waals surface area contributed by atoms with Crippen molar-refractivity contribution in [3.05, 3.63) is 40.7 Å². The molecule has 0 aliphatic heterocycles. The average Bonchev–Trinajstić information content (AvgIpc) is 3.12. The van der Waals surface area contributed by atoms with Crippen LogP contribution >= 0.6 is 0 Å². The second-order valence-electron chi connectivity index (χ2n) is 4.91. The summed E-state index contributed by atoms with van der Waals surface area (Å²) in [6.45, 7) is 2.09. The largest absolute Gasteiger partial charge is 0.385 e. The topological polar surface area (TPSA) is 48.0 Å². The van der Waals surface area contributed by atoms with Crippen molar-refractivity contribution in [2.75, 3.05) is 5.73 Å². The van der Waals surface area contributed by atoms with Crippen LogP contribution in [0.3, 0.4) is 0 Å². The highest BCUT2D eigenvalue weighted by atomic mass is 16.1. The van der Waals surface area contributed by atoms with Gasteiger partial charge >= 0.3 is 0 Å². The molecule has 0 bridgehead atoms. The maximum atomic E-state index is 12.4. The standard InChI is InChI=1S/C14H16N2O/c1-9(10-6-7-10)16-13(15)8-11-4-2-3-5-12(11)14(16)17/h2-5,8-10H,6-7,15H2,1H3. The fraction of sp³-hybridized carbons (Fsp3) is 0.357. The second kappa shape index (κ2) is 3.62. The predicted molar refractivity (Wildman–Crippen MR) is 70.1 cm³/mol. The van der Waals surface area contributed by atoms with Crippen LogP contribution in [-0.2, 0) is 0 Å². The smallest absolute Gasteiger partial charge is 0.260 e. The molecule has 0 radical (unpaired) electrons. The second-order valence-corrected chi connectivity index (χ2v) is 4.91. The number of pyridine rings is 1. The maximum Gasteiger partial charge on any atom is 0.260 e. The van der Waals surface area contributed by atoms with Crippen LogP contribution in [0.15, 0.2) is 35.1 Å². The van der Waals surface area contributed by atoms with Gasteiger partial charge in [0, 0.05) is 11.4 Å². The Kier molecular flexibility index (Phi) is 2.21. The molecule has 17 heavy (non-hydrogen) atoms. The average molecular weight is 228 g/mol. The monoisotopic (exact) mass is 228 g/mol. The minimum absolute atomic E-state index is 0.0417. The molecule has 2 aromatic rings. The molecule has 2 N–H and O–H groups in total. The van der Waals surface area contributed by atoms with Gasteiger partial charge in [-0.2, -0.15) is 0 Å². The summed E-state index contributed by atoms with van der Waals surface area (Å²) < 4.78 is 1.75. The zero-order chi connectivity index (χ0) is 12.0. The molecular weight excluding hydrogens is 212 g/mol. The summed E-state index contributed by atoms with van der Waals surface area (Å²) in [5.74, 6) is 1.20. The van der Waals surface area contributed by atoms with Gasteiger partial charge in [-0.3, -0.25) is 9.36 Å². The molecule has 1 saturated carbocycles. The highest BCUT2D eigenvalue weighted by molar-refractivity contribution is 5.83. The quantitative estimate of drug-likeness (QED) is 0.858. The molecule has 1 heterocycles. The number of anilines is 1. The predicted octanol–water partition coefficient (Wildman–Crippen LogP) is 2.55. The van der Waals surface area contributed by atoms with Crippen LogP contribution in [0.2, 0.25) is 0 Å². The van der Waals surface area contributed by atoms with Gasteiger partial charge in [-0.05, 0) is 43.2 Å². The van der Waals surface area contributed by atoms with Crippen molar-refractivity contribution < 1.29 is 0 Å². The number of nitrogens with zero attached hydrogens (tertiary/aromatic N) is 1. The molecule has 0 saturated heterocycles. The number of hydrogen-bond donors (Lipinski definition) is 1. The van der Waals surface area contributed by atoms with Gasteiger partial charge in [-0.15, -0.1) is 0 Å². The van der Waals surface area contributed by atoms with Gasteiger partial charge < -0.3 is 5.73 Å². The van der Waals surface area contributed by atoms with Crippen molar-refractivity contribution in [1.29, 1.82) is 0 Å². The lowest BCUT2D eigenvalue weighted by Crippen LogP contribution is -2.26. The summed E-state index contributed by atoms with van der Waals surface area (Å²) in [5.41, 5.74) is 6.06. The zero-order valence-electron chi connectivity index (χ0n) is 9.89. The van der Waals surface area contributed by atoms with E-state index in [0.717, 1.165) is 10.8 Å². The van der Waals surface area contributed by atoms with Gasteiger partial charge in [0.25, 0.3) is 5.56 Å². The molecular formula is C14H16N2O. The first kappa shape index (κ1) is 10.4. The highest BCUT2D eigenvalue weighted by Gasteiger charge is 2.30. The number of benzene rings is 1. The molecule has 1 unspecified atom stereocenters. The molecule has 1 aromatic heterocycles. The Morgan fingerprint density at radius 1 is 1.35 bits per heavy atom. The van der Waals surface area contributed by atoms with E-state index >= 15 is 0 Å². The van der Waals surface area contributed by atoms with Crippen molar-refractivity contribution in [2.45, 2.75) is 25.8 Å². The van der Waals surface area contributed by atoms with Crippen molar-refractivity contribution in [1.82, 2.24) is 4.57 Å². The van der Waals surface area contributed by atoms with E-state index in [2.05, 4.69) is 6.92 Å². The van der Waals surface area contributed by atoms with E-state index in [0.29, 0.717) is 11.7 Å². The minimum atomic E-state index is 0.0417. The molecule has 88 valence electrons. The fourth-order valence-electron chi connectivity index (χ4n) is 2.50. The van der Waals surface area contributed by atoms with Crippen LogP contribution in [0.25, 0.3) is 10.8 Å². The number of fused-ring (bicyclic) bond motifs is 1. The molecule has 1 aliphatic carbocycles. The Balaban J connectivity index is 2.27. The molecule has 3 rings (SSSR count). The summed E-state index contributed by atoms with van der Waals surface area (Å²) in [4.78, 5) is 12.4. The normalized spacial score (nSPS) is 17.2. The van der Waals surface area contributed by atoms with E-state index in [1.165, 1.54) is 12.8 Å². The first-order valence-electron chi connectivity index (χ1n) is 6.08. The Morgan fingerprint density at radius 3 is 2.76 bits per heavy atom. The third kappa shape index (κ3) is 1.62. The van der Waals surface area contributed by atoms with E-state index < -0.39 is 0 Å². The highest BCUT2D eigenvalue weighted by Crippen LogP contribution is 2.39. The molecule has 1 aliphatic rings. The van der Waals surface area contributed by atoms with E-state index in [9.17, 15) is 4.79 Å². The Bertz CT molecular complexity index is 626.